The Morgan fingerprint density at radius 1 is 1.48 bits per heavy atom. The third-order valence-electron chi connectivity index (χ3n) is 3.20. The zero-order valence-electron chi connectivity index (χ0n) is 12.5. The highest BCUT2D eigenvalue weighted by molar-refractivity contribution is 7.13. The first-order valence-electron chi connectivity index (χ1n) is 7.03. The molecule has 0 saturated carbocycles. The van der Waals surface area contributed by atoms with E-state index in [0.717, 1.165) is 11.4 Å². The molecule has 2 aromatic heterocycles. The Kier molecular flexibility index (Phi) is 5.46. The van der Waals surface area contributed by atoms with Gasteiger partial charge in [-0.25, -0.2) is 0 Å². The van der Waals surface area contributed by atoms with Crippen LogP contribution >= 0.6 is 11.3 Å². The third-order valence-corrected chi connectivity index (χ3v) is 4.06. The first-order chi connectivity index (χ1) is 10.2. The minimum Gasteiger partial charge on any atom is -0.418 e. The van der Waals surface area contributed by atoms with Crippen LogP contribution in [0.4, 0.5) is 0 Å². The average molecular weight is 308 g/mol. The van der Waals surface area contributed by atoms with E-state index < -0.39 is 0 Å². The predicted octanol–water partition coefficient (Wildman–Crippen LogP) is 2.32. The molecule has 1 atom stereocenters. The Morgan fingerprint density at radius 2 is 2.29 bits per heavy atom. The number of nitrogens with zero attached hydrogens (tertiary/aromatic N) is 3. The topological polar surface area (TPSA) is 71.3 Å². The van der Waals surface area contributed by atoms with E-state index in [1.54, 1.807) is 11.3 Å². The second-order valence-electron chi connectivity index (χ2n) is 4.62. The molecular formula is C14H20N4O2S. The van der Waals surface area contributed by atoms with Crippen molar-refractivity contribution in [3.05, 3.63) is 23.4 Å². The molecule has 2 heterocycles. The van der Waals surface area contributed by atoms with Gasteiger partial charge in [0.1, 0.15) is 0 Å². The first-order valence-corrected chi connectivity index (χ1v) is 7.91. The molecule has 2 rings (SSSR count). The van der Waals surface area contributed by atoms with Gasteiger partial charge in [0.15, 0.2) is 0 Å². The standard InChI is InChI=1S/C14H20N4O2S/c1-4-15-12(19)9-18(5-2)10(3)13-16-17-14(20-13)11-7-6-8-21-11/h6-8,10H,4-5,9H2,1-3H3,(H,15,19)/t10-/m1/s1. The number of amides is 1. The van der Waals surface area contributed by atoms with Crippen LogP contribution in [-0.2, 0) is 4.79 Å². The maximum absolute atomic E-state index is 11.7. The molecule has 0 aliphatic carbocycles. The number of carbonyl (C=O) groups is 1. The summed E-state index contributed by atoms with van der Waals surface area (Å²) in [5.74, 6) is 1.06. The lowest BCUT2D eigenvalue weighted by molar-refractivity contribution is -0.122. The number of rotatable bonds is 7. The molecule has 0 saturated heterocycles. The molecule has 0 aliphatic rings. The largest absolute Gasteiger partial charge is 0.418 e. The van der Waals surface area contributed by atoms with Crippen molar-refractivity contribution in [2.24, 2.45) is 0 Å². The monoisotopic (exact) mass is 308 g/mol. The van der Waals surface area contributed by atoms with E-state index in [1.165, 1.54) is 0 Å². The zero-order valence-corrected chi connectivity index (χ0v) is 13.3. The van der Waals surface area contributed by atoms with Gasteiger partial charge in [0.2, 0.25) is 11.8 Å². The maximum Gasteiger partial charge on any atom is 0.257 e. The highest BCUT2D eigenvalue weighted by Gasteiger charge is 2.22. The predicted molar refractivity (Wildman–Crippen MR) is 82.0 cm³/mol. The second kappa shape index (κ2) is 7.33. The molecule has 0 bridgehead atoms. The fraction of sp³-hybridized carbons (Fsp3) is 0.500. The number of hydrogen-bond donors (Lipinski definition) is 1. The summed E-state index contributed by atoms with van der Waals surface area (Å²) in [6.07, 6.45) is 0. The molecule has 21 heavy (non-hydrogen) atoms. The molecule has 1 amide bonds. The first kappa shape index (κ1) is 15.7. The van der Waals surface area contributed by atoms with E-state index in [0.29, 0.717) is 24.9 Å². The van der Waals surface area contributed by atoms with E-state index in [-0.39, 0.29) is 11.9 Å². The molecule has 0 unspecified atom stereocenters. The summed E-state index contributed by atoms with van der Waals surface area (Å²) in [6.45, 7) is 7.56. The van der Waals surface area contributed by atoms with Crippen molar-refractivity contribution < 1.29 is 9.21 Å². The minimum atomic E-state index is -0.0983. The zero-order chi connectivity index (χ0) is 15.2. The Morgan fingerprint density at radius 3 is 2.90 bits per heavy atom. The molecule has 6 nitrogen and oxygen atoms in total. The van der Waals surface area contributed by atoms with Crippen molar-refractivity contribution in [2.45, 2.75) is 26.8 Å². The molecule has 1 N–H and O–H groups in total. The number of nitrogens with one attached hydrogen (secondary N) is 1. The number of hydrogen-bond acceptors (Lipinski definition) is 6. The molecule has 7 heteroatoms. The summed E-state index contributed by atoms with van der Waals surface area (Å²) < 4.78 is 5.73. The van der Waals surface area contributed by atoms with Gasteiger partial charge in [-0.3, -0.25) is 9.69 Å². The number of thiophene rings is 1. The number of likely N-dealkylation sites (N-methyl/N-ethyl adjacent to an activating group) is 2. The van der Waals surface area contributed by atoms with Gasteiger partial charge in [-0.2, -0.15) is 0 Å². The van der Waals surface area contributed by atoms with Crippen LogP contribution in [0.15, 0.2) is 21.9 Å². The van der Waals surface area contributed by atoms with E-state index in [2.05, 4.69) is 15.5 Å². The number of aromatic nitrogens is 2. The molecular weight excluding hydrogens is 288 g/mol. The lowest BCUT2D eigenvalue weighted by atomic mass is 10.2. The van der Waals surface area contributed by atoms with Crippen LogP contribution in [0.2, 0.25) is 0 Å². The second-order valence-corrected chi connectivity index (χ2v) is 5.56. The van der Waals surface area contributed by atoms with Crippen LogP contribution in [-0.4, -0.2) is 40.6 Å². The molecule has 0 radical (unpaired) electrons. The molecule has 0 aliphatic heterocycles. The van der Waals surface area contributed by atoms with Gasteiger partial charge in [-0.05, 0) is 31.8 Å². The molecule has 0 spiro atoms. The summed E-state index contributed by atoms with van der Waals surface area (Å²) in [7, 11) is 0. The highest BCUT2D eigenvalue weighted by atomic mass is 32.1. The van der Waals surface area contributed by atoms with Crippen molar-refractivity contribution in [3.8, 4) is 10.8 Å². The third kappa shape index (κ3) is 3.89. The van der Waals surface area contributed by atoms with E-state index in [4.69, 9.17) is 4.42 Å². The van der Waals surface area contributed by atoms with E-state index >= 15 is 0 Å². The van der Waals surface area contributed by atoms with Gasteiger partial charge in [0.25, 0.3) is 5.89 Å². The molecule has 0 fully saturated rings. The fourth-order valence-corrected chi connectivity index (χ4v) is 2.66. The lowest BCUT2D eigenvalue weighted by Crippen LogP contribution is -2.38. The number of carbonyl (C=O) groups excluding carboxylic acids is 1. The van der Waals surface area contributed by atoms with Crippen LogP contribution in [0.1, 0.15) is 32.7 Å². The van der Waals surface area contributed by atoms with Crippen molar-refractivity contribution >= 4 is 17.2 Å². The van der Waals surface area contributed by atoms with Crippen molar-refractivity contribution in [1.82, 2.24) is 20.4 Å². The summed E-state index contributed by atoms with van der Waals surface area (Å²) in [5.41, 5.74) is 0. The minimum absolute atomic E-state index is 0.00388. The lowest BCUT2D eigenvalue weighted by Gasteiger charge is -2.24. The van der Waals surface area contributed by atoms with Gasteiger partial charge in [-0.1, -0.05) is 13.0 Å². The van der Waals surface area contributed by atoms with Crippen LogP contribution in [0.3, 0.4) is 0 Å². The average Bonchev–Trinajstić information content (AvgIpc) is 3.14. The summed E-state index contributed by atoms with van der Waals surface area (Å²) in [5, 5.41) is 13.0. The van der Waals surface area contributed by atoms with Gasteiger partial charge in [0.05, 0.1) is 17.5 Å². The molecule has 0 aromatic carbocycles. The van der Waals surface area contributed by atoms with Gasteiger partial charge >= 0.3 is 0 Å². The van der Waals surface area contributed by atoms with Gasteiger partial charge in [0, 0.05) is 6.54 Å². The quantitative estimate of drug-likeness (QED) is 0.850. The Labute approximate surface area is 128 Å². The SMILES string of the molecule is CCNC(=O)CN(CC)[C@H](C)c1nnc(-c2cccs2)o1. The highest BCUT2D eigenvalue weighted by Crippen LogP contribution is 2.26. The van der Waals surface area contributed by atoms with Crippen molar-refractivity contribution in [1.29, 1.82) is 0 Å². The smallest absolute Gasteiger partial charge is 0.257 e. The Bertz CT molecular complexity index is 567. The van der Waals surface area contributed by atoms with Crippen LogP contribution in [0.25, 0.3) is 10.8 Å². The van der Waals surface area contributed by atoms with Crippen molar-refractivity contribution in [2.75, 3.05) is 19.6 Å². The van der Waals surface area contributed by atoms with Crippen LogP contribution in [0.5, 0.6) is 0 Å². The molecule has 2 aromatic rings. The Balaban J connectivity index is 2.07. The van der Waals surface area contributed by atoms with Crippen LogP contribution in [0, 0.1) is 0 Å². The summed E-state index contributed by atoms with van der Waals surface area (Å²) in [4.78, 5) is 14.7. The van der Waals surface area contributed by atoms with E-state index in [1.807, 2.05) is 43.2 Å². The van der Waals surface area contributed by atoms with Crippen molar-refractivity contribution in [3.63, 3.8) is 0 Å². The van der Waals surface area contributed by atoms with Crippen LogP contribution < -0.4 is 5.32 Å². The van der Waals surface area contributed by atoms with E-state index in [9.17, 15) is 4.79 Å². The summed E-state index contributed by atoms with van der Waals surface area (Å²) >= 11 is 1.56. The maximum atomic E-state index is 11.7. The molecule has 114 valence electrons. The van der Waals surface area contributed by atoms with Gasteiger partial charge in [-0.15, -0.1) is 21.5 Å². The Hall–Kier alpha value is -1.73. The normalized spacial score (nSPS) is 12.6. The summed E-state index contributed by atoms with van der Waals surface area (Å²) in [6, 6.07) is 3.79. The fourth-order valence-electron chi connectivity index (χ4n) is 2.02. The van der Waals surface area contributed by atoms with Gasteiger partial charge < -0.3 is 9.73 Å².